The summed E-state index contributed by atoms with van der Waals surface area (Å²) < 4.78 is 16.9. The molecule has 0 aliphatic rings. The zero-order chi connectivity index (χ0) is 45.8. The molecule has 0 heterocycles. The average Bonchev–Trinajstić information content (AvgIpc) is 3.28. The van der Waals surface area contributed by atoms with Crippen LogP contribution in [0.3, 0.4) is 0 Å². The molecule has 0 fully saturated rings. The maximum absolute atomic E-state index is 12.8. The lowest BCUT2D eigenvalue weighted by atomic mass is 10.0. The molecule has 0 spiro atoms. The van der Waals surface area contributed by atoms with Crippen LogP contribution in [0.25, 0.3) is 0 Å². The molecule has 63 heavy (non-hydrogen) atoms. The third-order valence-corrected chi connectivity index (χ3v) is 12.8. The van der Waals surface area contributed by atoms with Gasteiger partial charge in [-0.1, -0.05) is 264 Å². The highest BCUT2D eigenvalue weighted by molar-refractivity contribution is 5.71. The Morgan fingerprint density at radius 2 is 0.524 bits per heavy atom. The summed E-state index contributed by atoms with van der Waals surface area (Å²) >= 11 is 0. The van der Waals surface area contributed by atoms with Gasteiger partial charge in [-0.05, 0) is 44.9 Å². The first-order chi connectivity index (χ1) is 31.0. The van der Waals surface area contributed by atoms with E-state index < -0.39 is 6.10 Å². The van der Waals surface area contributed by atoms with Crippen LogP contribution in [0.1, 0.15) is 316 Å². The summed E-state index contributed by atoms with van der Waals surface area (Å²) in [6, 6.07) is 0. The average molecular weight is 889 g/mol. The lowest BCUT2D eigenvalue weighted by Gasteiger charge is -2.18. The van der Waals surface area contributed by atoms with Crippen LogP contribution in [0.2, 0.25) is 0 Å². The summed E-state index contributed by atoms with van der Waals surface area (Å²) in [6.45, 7) is 6.68. The van der Waals surface area contributed by atoms with E-state index in [-0.39, 0.29) is 31.1 Å². The molecule has 0 amide bonds. The summed E-state index contributed by atoms with van der Waals surface area (Å²) in [5.74, 6) is -0.847. The van der Waals surface area contributed by atoms with Crippen molar-refractivity contribution in [3.8, 4) is 0 Å². The van der Waals surface area contributed by atoms with Gasteiger partial charge < -0.3 is 14.2 Å². The summed E-state index contributed by atoms with van der Waals surface area (Å²) in [4.78, 5) is 38.1. The van der Waals surface area contributed by atoms with Crippen LogP contribution in [0, 0.1) is 0 Å². The Morgan fingerprint density at radius 1 is 0.302 bits per heavy atom. The van der Waals surface area contributed by atoms with Gasteiger partial charge in [0.2, 0.25) is 0 Å². The van der Waals surface area contributed by atoms with Crippen LogP contribution in [0.15, 0.2) is 12.2 Å². The van der Waals surface area contributed by atoms with Crippen LogP contribution in [-0.2, 0) is 28.6 Å². The second kappa shape index (κ2) is 52.8. The van der Waals surface area contributed by atoms with Gasteiger partial charge in [0.05, 0.1) is 0 Å². The second-order valence-corrected chi connectivity index (χ2v) is 19.2. The van der Waals surface area contributed by atoms with Crippen molar-refractivity contribution >= 4 is 17.9 Å². The molecule has 0 unspecified atom stereocenters. The maximum Gasteiger partial charge on any atom is 0.306 e. The van der Waals surface area contributed by atoms with Gasteiger partial charge in [-0.15, -0.1) is 0 Å². The number of esters is 3. The molecule has 0 saturated carbocycles. The molecule has 0 rings (SSSR count). The van der Waals surface area contributed by atoms with Gasteiger partial charge >= 0.3 is 17.9 Å². The Morgan fingerprint density at radius 3 is 0.810 bits per heavy atom. The highest BCUT2D eigenvalue weighted by Crippen LogP contribution is 2.17. The molecule has 0 bridgehead atoms. The summed E-state index contributed by atoms with van der Waals surface area (Å²) in [5.41, 5.74) is 0. The molecule has 6 nitrogen and oxygen atoms in total. The first kappa shape index (κ1) is 61.1. The molecule has 0 saturated heterocycles. The quantitative estimate of drug-likeness (QED) is 0.0262. The van der Waals surface area contributed by atoms with Gasteiger partial charge in [0.1, 0.15) is 13.2 Å². The Balaban J connectivity index is 4.32. The summed E-state index contributed by atoms with van der Waals surface area (Å²) in [6.07, 6.45) is 59.1. The van der Waals surface area contributed by atoms with Crippen molar-refractivity contribution in [1.82, 2.24) is 0 Å². The highest BCUT2D eigenvalue weighted by atomic mass is 16.6. The minimum absolute atomic E-state index is 0.0653. The Labute approximate surface area is 392 Å². The molecule has 0 aromatic rings. The molecule has 0 N–H and O–H groups in total. The van der Waals surface area contributed by atoms with Gasteiger partial charge in [-0.3, -0.25) is 14.4 Å². The number of hydrogen-bond donors (Lipinski definition) is 0. The molecule has 1 atom stereocenters. The van der Waals surface area contributed by atoms with Crippen molar-refractivity contribution in [3.63, 3.8) is 0 Å². The second-order valence-electron chi connectivity index (χ2n) is 19.2. The van der Waals surface area contributed by atoms with Crippen molar-refractivity contribution in [3.05, 3.63) is 12.2 Å². The fraction of sp³-hybridized carbons (Fsp3) is 0.912. The van der Waals surface area contributed by atoms with Crippen LogP contribution in [0.5, 0.6) is 0 Å². The first-order valence-electron chi connectivity index (χ1n) is 28.2. The number of carbonyl (C=O) groups excluding carboxylic acids is 3. The van der Waals surface area contributed by atoms with Gasteiger partial charge in [-0.2, -0.15) is 0 Å². The molecule has 0 radical (unpaired) electrons. The van der Waals surface area contributed by atoms with E-state index in [1.165, 1.54) is 218 Å². The number of unbranched alkanes of at least 4 members (excludes halogenated alkanes) is 39. The maximum atomic E-state index is 12.8. The van der Waals surface area contributed by atoms with Crippen LogP contribution in [0.4, 0.5) is 0 Å². The number of ether oxygens (including phenoxy) is 3. The largest absolute Gasteiger partial charge is 0.462 e. The van der Waals surface area contributed by atoms with E-state index in [4.69, 9.17) is 14.2 Å². The zero-order valence-electron chi connectivity index (χ0n) is 42.6. The molecular formula is C57H108O6. The van der Waals surface area contributed by atoms with Crippen LogP contribution >= 0.6 is 0 Å². The van der Waals surface area contributed by atoms with Crippen molar-refractivity contribution in [2.24, 2.45) is 0 Å². The van der Waals surface area contributed by atoms with E-state index in [9.17, 15) is 14.4 Å². The smallest absolute Gasteiger partial charge is 0.306 e. The highest BCUT2D eigenvalue weighted by Gasteiger charge is 2.19. The van der Waals surface area contributed by atoms with Crippen LogP contribution < -0.4 is 0 Å². The molecule has 6 heteroatoms. The minimum Gasteiger partial charge on any atom is -0.462 e. The molecular weight excluding hydrogens is 781 g/mol. The Hall–Kier alpha value is -1.85. The van der Waals surface area contributed by atoms with Gasteiger partial charge in [0.15, 0.2) is 6.10 Å². The van der Waals surface area contributed by atoms with Crippen molar-refractivity contribution in [2.45, 2.75) is 322 Å². The molecule has 0 aromatic heterocycles. The Bertz CT molecular complexity index is 978. The van der Waals surface area contributed by atoms with Crippen LogP contribution in [-0.4, -0.2) is 37.2 Å². The first-order valence-corrected chi connectivity index (χ1v) is 28.2. The van der Waals surface area contributed by atoms with Gasteiger partial charge in [0, 0.05) is 19.3 Å². The van der Waals surface area contributed by atoms with E-state index in [0.29, 0.717) is 19.3 Å². The molecule has 0 aromatic carbocycles. The topological polar surface area (TPSA) is 78.9 Å². The van der Waals surface area contributed by atoms with Crippen molar-refractivity contribution < 1.29 is 28.6 Å². The molecule has 0 aliphatic carbocycles. The number of rotatable bonds is 52. The zero-order valence-corrected chi connectivity index (χ0v) is 42.6. The van der Waals surface area contributed by atoms with E-state index in [0.717, 1.165) is 57.8 Å². The van der Waals surface area contributed by atoms with E-state index >= 15 is 0 Å². The predicted molar refractivity (Wildman–Crippen MR) is 270 cm³/mol. The predicted octanol–water partition coefficient (Wildman–Crippen LogP) is 18.5. The molecule has 372 valence electrons. The standard InChI is InChI=1S/C57H108O6/c1-4-7-10-13-16-19-22-25-28-31-34-37-40-43-46-49-55(58)61-52-54(63-57(60)51-48-45-42-39-36-33-30-27-24-21-18-15-12-9-6-3)53-62-56(59)50-47-44-41-38-35-32-29-26-23-20-17-14-11-8-5-2/h19,22,54H,4-18,20-21,23-53H2,1-3H3/t54-/m0/s1. The lowest BCUT2D eigenvalue weighted by Crippen LogP contribution is -2.30. The van der Waals surface area contributed by atoms with E-state index in [2.05, 4.69) is 32.9 Å². The number of allylic oxidation sites excluding steroid dienone is 2. The van der Waals surface area contributed by atoms with Crippen molar-refractivity contribution in [2.75, 3.05) is 13.2 Å². The Kier molecular flexibility index (Phi) is 51.2. The third kappa shape index (κ3) is 51.0. The van der Waals surface area contributed by atoms with Gasteiger partial charge in [-0.25, -0.2) is 0 Å². The fourth-order valence-electron chi connectivity index (χ4n) is 8.50. The fourth-order valence-corrected chi connectivity index (χ4v) is 8.50. The lowest BCUT2D eigenvalue weighted by molar-refractivity contribution is -0.167. The van der Waals surface area contributed by atoms with Crippen molar-refractivity contribution in [1.29, 1.82) is 0 Å². The molecule has 0 aliphatic heterocycles. The summed E-state index contributed by atoms with van der Waals surface area (Å²) in [7, 11) is 0. The minimum atomic E-state index is -0.765. The SMILES string of the molecule is CCCCCCC=CCCCCCCCCCC(=O)OC[C@@H](COC(=O)CCCCCCCCCCCCCCCCC)OC(=O)CCCCCCCCCCCCCCCCC. The summed E-state index contributed by atoms with van der Waals surface area (Å²) in [5, 5.41) is 0. The monoisotopic (exact) mass is 889 g/mol. The van der Waals surface area contributed by atoms with Gasteiger partial charge in [0.25, 0.3) is 0 Å². The number of carbonyl (C=O) groups is 3. The number of hydrogen-bond acceptors (Lipinski definition) is 6. The van der Waals surface area contributed by atoms with E-state index in [1.807, 2.05) is 0 Å². The van der Waals surface area contributed by atoms with E-state index in [1.54, 1.807) is 0 Å². The normalized spacial score (nSPS) is 12.0. The third-order valence-electron chi connectivity index (χ3n) is 12.8.